The van der Waals surface area contributed by atoms with E-state index in [0.29, 0.717) is 17.8 Å². The van der Waals surface area contributed by atoms with E-state index in [1.807, 2.05) is 67.6 Å². The van der Waals surface area contributed by atoms with Gasteiger partial charge in [0, 0.05) is 21.8 Å². The molecule has 0 saturated carbocycles. The Balaban J connectivity index is 2.04. The minimum atomic E-state index is -0.00453. The molecular formula is C20H15BrN2O. The Kier molecular flexibility index (Phi) is 3.69. The molecule has 3 nitrogen and oxygen atoms in total. The van der Waals surface area contributed by atoms with E-state index in [2.05, 4.69) is 20.9 Å². The molecule has 2 aromatic carbocycles. The summed E-state index contributed by atoms with van der Waals surface area (Å²) in [4.78, 5) is 17.6. The Bertz CT molecular complexity index is 1130. The second kappa shape index (κ2) is 5.87. The molecule has 0 aliphatic rings. The van der Waals surface area contributed by atoms with Crippen molar-refractivity contribution >= 4 is 37.7 Å². The van der Waals surface area contributed by atoms with Gasteiger partial charge in [-0.05, 0) is 43.3 Å². The number of aromatic nitrogens is 2. The molecule has 4 heteroatoms. The third-order valence-electron chi connectivity index (χ3n) is 4.25. The first-order chi connectivity index (χ1) is 11.7. The van der Waals surface area contributed by atoms with Crippen molar-refractivity contribution in [2.24, 2.45) is 0 Å². The van der Waals surface area contributed by atoms with Crippen molar-refractivity contribution in [3.8, 4) is 11.3 Å². The molecule has 0 aliphatic heterocycles. The quantitative estimate of drug-likeness (QED) is 0.491. The molecule has 0 spiro atoms. The Hall–Kier alpha value is -2.46. The monoisotopic (exact) mass is 378 g/mol. The number of rotatable bonds is 2. The van der Waals surface area contributed by atoms with Crippen molar-refractivity contribution in [3.05, 3.63) is 75.5 Å². The number of fused-ring (bicyclic) bond motifs is 2. The number of hydrogen-bond acceptors (Lipinski definition) is 2. The fourth-order valence-corrected chi connectivity index (χ4v) is 3.45. The Labute approximate surface area is 147 Å². The van der Waals surface area contributed by atoms with Gasteiger partial charge in [0.25, 0.3) is 5.56 Å². The van der Waals surface area contributed by atoms with Gasteiger partial charge in [0.1, 0.15) is 0 Å². The minimum Gasteiger partial charge on any atom is -0.308 e. The molecule has 0 N–H and O–H groups in total. The van der Waals surface area contributed by atoms with E-state index < -0.39 is 0 Å². The van der Waals surface area contributed by atoms with Crippen LogP contribution < -0.4 is 5.56 Å². The number of halogens is 1. The van der Waals surface area contributed by atoms with E-state index in [0.717, 1.165) is 26.3 Å². The van der Waals surface area contributed by atoms with Gasteiger partial charge in [0.05, 0.1) is 22.3 Å². The number of nitrogens with zero attached hydrogens (tertiary/aromatic N) is 2. The fraction of sp³-hybridized carbons (Fsp3) is 0.100. The van der Waals surface area contributed by atoms with Crippen molar-refractivity contribution in [2.45, 2.75) is 13.5 Å². The van der Waals surface area contributed by atoms with E-state index in [-0.39, 0.29) is 5.56 Å². The third-order valence-corrected chi connectivity index (χ3v) is 4.74. The van der Waals surface area contributed by atoms with Crippen LogP contribution >= 0.6 is 15.9 Å². The van der Waals surface area contributed by atoms with E-state index in [9.17, 15) is 4.79 Å². The summed E-state index contributed by atoms with van der Waals surface area (Å²) in [5.74, 6) is 0. The lowest BCUT2D eigenvalue weighted by molar-refractivity contribution is 0.761. The highest BCUT2D eigenvalue weighted by atomic mass is 79.9. The van der Waals surface area contributed by atoms with E-state index >= 15 is 0 Å². The van der Waals surface area contributed by atoms with E-state index in [1.54, 1.807) is 4.57 Å². The van der Waals surface area contributed by atoms with Gasteiger partial charge in [-0.25, -0.2) is 4.98 Å². The van der Waals surface area contributed by atoms with Crippen LogP contribution in [-0.2, 0) is 6.54 Å². The zero-order chi connectivity index (χ0) is 16.7. The zero-order valence-corrected chi connectivity index (χ0v) is 14.7. The second-order valence-corrected chi connectivity index (χ2v) is 6.62. The lowest BCUT2D eigenvalue weighted by atomic mass is 10.1. The van der Waals surface area contributed by atoms with Crippen LogP contribution in [0.1, 0.15) is 6.92 Å². The summed E-state index contributed by atoms with van der Waals surface area (Å²) in [7, 11) is 0. The lowest BCUT2D eigenvalue weighted by Gasteiger charge is -2.11. The van der Waals surface area contributed by atoms with Gasteiger partial charge in [-0.1, -0.05) is 40.2 Å². The van der Waals surface area contributed by atoms with Crippen LogP contribution in [0.3, 0.4) is 0 Å². The summed E-state index contributed by atoms with van der Waals surface area (Å²) in [6.07, 6.45) is 0. The Morgan fingerprint density at radius 2 is 1.83 bits per heavy atom. The summed E-state index contributed by atoms with van der Waals surface area (Å²) in [6, 6.07) is 19.8. The number of aryl methyl sites for hydroxylation is 1. The molecular weight excluding hydrogens is 364 g/mol. The largest absolute Gasteiger partial charge is 0.308 e. The van der Waals surface area contributed by atoms with Crippen molar-refractivity contribution in [2.75, 3.05) is 0 Å². The Morgan fingerprint density at radius 3 is 2.67 bits per heavy atom. The standard InChI is InChI=1S/C20H15BrN2O/c1-2-23-19-10-8-15(21)11-14(19)12-16(20(23)24)18-9-7-13-5-3-4-6-17(13)22-18/h3-12H,2H2,1H3. The number of benzene rings is 2. The maximum atomic E-state index is 12.9. The van der Waals surface area contributed by atoms with Gasteiger partial charge in [0.2, 0.25) is 0 Å². The van der Waals surface area contributed by atoms with Crippen molar-refractivity contribution in [1.82, 2.24) is 9.55 Å². The molecule has 0 unspecified atom stereocenters. The first-order valence-corrected chi connectivity index (χ1v) is 8.66. The molecule has 0 atom stereocenters. The van der Waals surface area contributed by atoms with Crippen LogP contribution in [0.5, 0.6) is 0 Å². The van der Waals surface area contributed by atoms with Gasteiger partial charge < -0.3 is 4.57 Å². The van der Waals surface area contributed by atoms with Crippen LogP contribution in [0, 0.1) is 0 Å². The molecule has 0 saturated heterocycles. The summed E-state index contributed by atoms with van der Waals surface area (Å²) in [5.41, 5.74) is 3.17. The summed E-state index contributed by atoms with van der Waals surface area (Å²) >= 11 is 3.51. The molecule has 4 aromatic rings. The third kappa shape index (κ3) is 2.43. The molecule has 0 fully saturated rings. The smallest absolute Gasteiger partial charge is 0.260 e. The molecule has 118 valence electrons. The molecule has 0 bridgehead atoms. The first-order valence-electron chi connectivity index (χ1n) is 7.86. The highest BCUT2D eigenvalue weighted by Crippen LogP contribution is 2.24. The van der Waals surface area contributed by atoms with E-state index in [4.69, 9.17) is 0 Å². The lowest BCUT2D eigenvalue weighted by Crippen LogP contribution is -2.21. The average Bonchev–Trinajstić information content (AvgIpc) is 2.61. The summed E-state index contributed by atoms with van der Waals surface area (Å²) in [5, 5.41) is 2.09. The predicted octanol–water partition coefficient (Wildman–Crippen LogP) is 5.00. The van der Waals surface area contributed by atoms with Gasteiger partial charge >= 0.3 is 0 Å². The maximum absolute atomic E-state index is 12.9. The number of para-hydroxylation sites is 1. The van der Waals surface area contributed by atoms with Crippen molar-refractivity contribution in [1.29, 1.82) is 0 Å². The molecule has 0 aliphatic carbocycles. The fourth-order valence-electron chi connectivity index (χ4n) is 3.07. The molecule has 2 heterocycles. The van der Waals surface area contributed by atoms with Gasteiger partial charge in [-0.15, -0.1) is 0 Å². The minimum absolute atomic E-state index is 0.00453. The van der Waals surface area contributed by atoms with Crippen LogP contribution in [0.25, 0.3) is 33.1 Å². The van der Waals surface area contributed by atoms with Gasteiger partial charge in [-0.2, -0.15) is 0 Å². The van der Waals surface area contributed by atoms with Gasteiger partial charge in [0.15, 0.2) is 0 Å². The number of hydrogen-bond donors (Lipinski definition) is 0. The molecule has 0 radical (unpaired) electrons. The summed E-state index contributed by atoms with van der Waals surface area (Å²) < 4.78 is 2.79. The SMILES string of the molecule is CCn1c(=O)c(-c2ccc3ccccc3n2)cc2cc(Br)ccc21. The van der Waals surface area contributed by atoms with E-state index in [1.165, 1.54) is 0 Å². The molecule has 2 aromatic heterocycles. The Morgan fingerprint density at radius 1 is 1.00 bits per heavy atom. The van der Waals surface area contributed by atoms with Crippen molar-refractivity contribution < 1.29 is 0 Å². The molecule has 24 heavy (non-hydrogen) atoms. The van der Waals surface area contributed by atoms with Crippen LogP contribution in [-0.4, -0.2) is 9.55 Å². The predicted molar refractivity (Wildman–Crippen MR) is 102 cm³/mol. The zero-order valence-electron chi connectivity index (χ0n) is 13.2. The van der Waals surface area contributed by atoms with Crippen LogP contribution in [0.15, 0.2) is 69.9 Å². The van der Waals surface area contributed by atoms with Crippen molar-refractivity contribution in [3.63, 3.8) is 0 Å². The molecule has 4 rings (SSSR count). The van der Waals surface area contributed by atoms with Gasteiger partial charge in [-0.3, -0.25) is 4.79 Å². The first kappa shape index (κ1) is 15.1. The van der Waals surface area contributed by atoms with Crippen LogP contribution in [0.4, 0.5) is 0 Å². The maximum Gasteiger partial charge on any atom is 0.260 e. The highest BCUT2D eigenvalue weighted by Gasteiger charge is 2.12. The van der Waals surface area contributed by atoms with Crippen LogP contribution in [0.2, 0.25) is 0 Å². The number of pyridine rings is 2. The highest BCUT2D eigenvalue weighted by molar-refractivity contribution is 9.10. The summed E-state index contributed by atoms with van der Waals surface area (Å²) in [6.45, 7) is 2.61. The normalized spacial score (nSPS) is 11.2. The second-order valence-electron chi connectivity index (χ2n) is 5.70. The molecule has 0 amide bonds. The average molecular weight is 379 g/mol. The topological polar surface area (TPSA) is 34.9 Å².